The van der Waals surface area contributed by atoms with Gasteiger partial charge >= 0.3 is 0 Å². The van der Waals surface area contributed by atoms with Crippen molar-refractivity contribution in [3.05, 3.63) is 71.5 Å². The Morgan fingerprint density at radius 2 is 1.77 bits per heavy atom. The first-order chi connectivity index (χ1) is 12.5. The molecule has 2 aromatic carbocycles. The molecule has 134 valence electrons. The van der Waals surface area contributed by atoms with Crippen LogP contribution in [0.25, 0.3) is 11.1 Å². The molecule has 0 aliphatic rings. The lowest BCUT2D eigenvalue weighted by Gasteiger charge is -2.13. The predicted octanol–water partition coefficient (Wildman–Crippen LogP) is 4.75. The van der Waals surface area contributed by atoms with Crippen LogP contribution in [0.3, 0.4) is 0 Å². The molecule has 3 aromatic rings. The quantitative estimate of drug-likeness (QED) is 0.715. The lowest BCUT2D eigenvalue weighted by Crippen LogP contribution is -2.14. The van der Waals surface area contributed by atoms with Crippen LogP contribution in [0.5, 0.6) is 0 Å². The van der Waals surface area contributed by atoms with Gasteiger partial charge in [-0.3, -0.25) is 9.48 Å². The number of nitrogens with one attached hydrogen (secondary N) is 1. The molecule has 1 aromatic heterocycles. The van der Waals surface area contributed by atoms with Crippen molar-refractivity contribution in [3.63, 3.8) is 0 Å². The largest absolute Gasteiger partial charge is 0.321 e. The van der Waals surface area contributed by atoms with Gasteiger partial charge in [0.05, 0.1) is 5.56 Å². The van der Waals surface area contributed by atoms with Gasteiger partial charge in [-0.15, -0.1) is 0 Å². The molecule has 4 nitrogen and oxygen atoms in total. The minimum Gasteiger partial charge on any atom is -0.321 e. The Balaban J connectivity index is 1.98. The van der Waals surface area contributed by atoms with Crippen molar-refractivity contribution < 1.29 is 18.0 Å². The fourth-order valence-corrected chi connectivity index (χ4v) is 2.76. The van der Waals surface area contributed by atoms with Crippen molar-refractivity contribution in [3.8, 4) is 11.1 Å². The lowest BCUT2D eigenvalue weighted by atomic mass is 9.98. The number of nitrogens with zero attached hydrogens (tertiary/aromatic N) is 2. The summed E-state index contributed by atoms with van der Waals surface area (Å²) in [7, 11) is 1.47. The zero-order valence-corrected chi connectivity index (χ0v) is 13.9. The SMILES string of the molecule is Cn1cc(C(=O)Nc2ccccc2-c2ccccc2CF)c(C(F)F)n1. The number of hydrogen-bond donors (Lipinski definition) is 1. The molecule has 7 heteroatoms. The highest BCUT2D eigenvalue weighted by molar-refractivity contribution is 6.07. The number of alkyl halides is 3. The van der Waals surface area contributed by atoms with E-state index >= 15 is 0 Å². The number of aryl methyl sites for hydroxylation is 1. The fourth-order valence-electron chi connectivity index (χ4n) is 2.76. The molecule has 1 heterocycles. The van der Waals surface area contributed by atoms with Crippen LogP contribution in [-0.4, -0.2) is 15.7 Å². The molecule has 0 saturated carbocycles. The van der Waals surface area contributed by atoms with E-state index < -0.39 is 24.7 Å². The molecule has 0 spiro atoms. The Labute approximate surface area is 148 Å². The third kappa shape index (κ3) is 3.46. The van der Waals surface area contributed by atoms with Crippen molar-refractivity contribution in [1.29, 1.82) is 0 Å². The van der Waals surface area contributed by atoms with Gasteiger partial charge in [-0.1, -0.05) is 42.5 Å². The summed E-state index contributed by atoms with van der Waals surface area (Å²) in [5.74, 6) is -0.696. The number of carbonyl (C=O) groups is 1. The van der Waals surface area contributed by atoms with E-state index in [1.807, 2.05) is 0 Å². The second-order valence-electron chi connectivity index (χ2n) is 5.69. The van der Waals surface area contributed by atoms with E-state index in [9.17, 15) is 18.0 Å². The van der Waals surface area contributed by atoms with Gasteiger partial charge in [0.2, 0.25) is 0 Å². The average molecular weight is 359 g/mol. The number of halogens is 3. The number of benzene rings is 2. The normalized spacial score (nSPS) is 11.0. The van der Waals surface area contributed by atoms with E-state index in [0.717, 1.165) is 0 Å². The fraction of sp³-hybridized carbons (Fsp3) is 0.158. The molecule has 1 N–H and O–H groups in total. The van der Waals surface area contributed by atoms with Crippen LogP contribution in [0.2, 0.25) is 0 Å². The number of aromatic nitrogens is 2. The summed E-state index contributed by atoms with van der Waals surface area (Å²) in [5.41, 5.74) is 1.34. The number of hydrogen-bond acceptors (Lipinski definition) is 2. The second-order valence-corrected chi connectivity index (χ2v) is 5.69. The van der Waals surface area contributed by atoms with E-state index in [0.29, 0.717) is 22.4 Å². The number of anilines is 1. The van der Waals surface area contributed by atoms with Gasteiger partial charge in [0.25, 0.3) is 12.3 Å². The summed E-state index contributed by atoms with van der Waals surface area (Å²) in [6, 6.07) is 13.7. The Bertz CT molecular complexity index is 937. The van der Waals surface area contributed by atoms with E-state index in [4.69, 9.17) is 0 Å². The zero-order valence-electron chi connectivity index (χ0n) is 13.9. The Kier molecular flexibility index (Phi) is 5.06. The molecular weight excluding hydrogens is 343 g/mol. The molecule has 0 aliphatic carbocycles. The summed E-state index contributed by atoms with van der Waals surface area (Å²) < 4.78 is 40.6. The average Bonchev–Trinajstić information content (AvgIpc) is 3.04. The minimum atomic E-state index is -2.86. The first-order valence-corrected chi connectivity index (χ1v) is 7.87. The van der Waals surface area contributed by atoms with Crippen molar-refractivity contribution in [2.45, 2.75) is 13.1 Å². The Morgan fingerprint density at radius 1 is 1.12 bits per heavy atom. The molecule has 0 radical (unpaired) electrons. The second kappa shape index (κ2) is 7.43. The maximum atomic E-state index is 13.3. The third-order valence-corrected chi connectivity index (χ3v) is 3.94. The van der Waals surface area contributed by atoms with Crippen LogP contribution in [0.1, 0.15) is 28.0 Å². The summed E-state index contributed by atoms with van der Waals surface area (Å²) in [5, 5.41) is 6.27. The highest BCUT2D eigenvalue weighted by atomic mass is 19.3. The van der Waals surface area contributed by atoms with Crippen molar-refractivity contribution in [2.75, 3.05) is 5.32 Å². The molecule has 0 atom stereocenters. The van der Waals surface area contributed by atoms with Crippen LogP contribution >= 0.6 is 0 Å². The Hall–Kier alpha value is -3.09. The molecule has 0 fully saturated rings. The molecule has 26 heavy (non-hydrogen) atoms. The molecule has 0 bridgehead atoms. The first-order valence-electron chi connectivity index (χ1n) is 7.87. The maximum absolute atomic E-state index is 13.3. The van der Waals surface area contributed by atoms with E-state index in [-0.39, 0.29) is 5.56 Å². The standard InChI is InChI=1S/C19H16F3N3O/c1-25-11-15(17(24-25)18(21)22)19(26)23-16-9-5-4-8-14(16)13-7-3-2-6-12(13)10-20/h2-9,11,18H,10H2,1H3,(H,23,26). The molecule has 0 unspecified atom stereocenters. The number of rotatable bonds is 5. The van der Waals surface area contributed by atoms with Crippen molar-refractivity contribution in [1.82, 2.24) is 9.78 Å². The van der Waals surface area contributed by atoms with Gasteiger partial charge in [0.1, 0.15) is 12.4 Å². The van der Waals surface area contributed by atoms with Gasteiger partial charge in [-0.05, 0) is 17.2 Å². The molecule has 0 aliphatic heterocycles. The van der Waals surface area contributed by atoms with Crippen molar-refractivity contribution >= 4 is 11.6 Å². The monoisotopic (exact) mass is 359 g/mol. The first kappa shape index (κ1) is 17.7. The van der Waals surface area contributed by atoms with Crippen LogP contribution in [0.4, 0.5) is 18.9 Å². The molecule has 1 amide bonds. The third-order valence-electron chi connectivity index (χ3n) is 3.94. The number of amides is 1. The minimum absolute atomic E-state index is 0.198. The molecular formula is C19H16F3N3O. The van der Waals surface area contributed by atoms with Crippen LogP contribution < -0.4 is 5.32 Å². The van der Waals surface area contributed by atoms with Crippen LogP contribution in [0, 0.1) is 0 Å². The predicted molar refractivity (Wildman–Crippen MR) is 92.8 cm³/mol. The smallest absolute Gasteiger partial charge is 0.282 e. The van der Waals surface area contributed by atoms with Gasteiger partial charge in [-0.2, -0.15) is 5.10 Å². The number of para-hydroxylation sites is 1. The summed E-state index contributed by atoms with van der Waals surface area (Å²) >= 11 is 0. The van der Waals surface area contributed by atoms with E-state index in [1.54, 1.807) is 48.5 Å². The molecule has 0 saturated heterocycles. The zero-order chi connectivity index (χ0) is 18.7. The van der Waals surface area contributed by atoms with Gasteiger partial charge in [0.15, 0.2) is 0 Å². The van der Waals surface area contributed by atoms with Crippen molar-refractivity contribution in [2.24, 2.45) is 7.05 Å². The Morgan fingerprint density at radius 3 is 2.46 bits per heavy atom. The highest BCUT2D eigenvalue weighted by Gasteiger charge is 2.23. The summed E-state index contributed by atoms with van der Waals surface area (Å²) in [6.07, 6.45) is -1.62. The topological polar surface area (TPSA) is 46.9 Å². The molecule has 3 rings (SSSR count). The van der Waals surface area contributed by atoms with Crippen LogP contribution in [-0.2, 0) is 13.7 Å². The van der Waals surface area contributed by atoms with Gasteiger partial charge < -0.3 is 5.32 Å². The highest BCUT2D eigenvalue weighted by Crippen LogP contribution is 2.32. The van der Waals surface area contributed by atoms with Gasteiger partial charge in [-0.25, -0.2) is 13.2 Å². The number of carbonyl (C=O) groups excluding carboxylic acids is 1. The summed E-state index contributed by atoms with van der Waals surface area (Å²) in [4.78, 5) is 12.5. The maximum Gasteiger partial charge on any atom is 0.282 e. The van der Waals surface area contributed by atoms with E-state index in [1.165, 1.54) is 17.9 Å². The van der Waals surface area contributed by atoms with Crippen LogP contribution in [0.15, 0.2) is 54.7 Å². The lowest BCUT2D eigenvalue weighted by molar-refractivity contribution is 0.101. The van der Waals surface area contributed by atoms with E-state index in [2.05, 4.69) is 10.4 Å². The van der Waals surface area contributed by atoms with Gasteiger partial charge in [0, 0.05) is 24.5 Å². The summed E-state index contributed by atoms with van der Waals surface area (Å²) in [6.45, 7) is -0.656.